The van der Waals surface area contributed by atoms with E-state index in [4.69, 9.17) is 16.3 Å². The largest absolute Gasteiger partial charge is 0.491 e. The molecule has 0 atom stereocenters. The molecule has 0 saturated heterocycles. The van der Waals surface area contributed by atoms with E-state index in [1.165, 1.54) is 0 Å². The molecule has 0 bridgehead atoms. The first-order chi connectivity index (χ1) is 8.81. The Labute approximate surface area is 112 Å². The van der Waals surface area contributed by atoms with E-state index in [9.17, 15) is 0 Å². The van der Waals surface area contributed by atoms with Crippen LogP contribution in [0.1, 0.15) is 5.56 Å². The standard InChI is InChI=1S/C13H16ClN3O/c1-15-10-11-12(14)4-2-5-13(11)18-9-8-17-7-3-6-16-17/h2-7,15H,8-10H2,1H3. The fourth-order valence-corrected chi connectivity index (χ4v) is 1.94. The number of nitrogens with zero attached hydrogens (tertiary/aromatic N) is 2. The second-order valence-electron chi connectivity index (χ2n) is 3.86. The highest BCUT2D eigenvalue weighted by Crippen LogP contribution is 2.26. The number of aromatic nitrogens is 2. The molecular formula is C13H16ClN3O. The van der Waals surface area contributed by atoms with Gasteiger partial charge in [0.05, 0.1) is 6.54 Å². The van der Waals surface area contributed by atoms with Crippen LogP contribution in [0.15, 0.2) is 36.7 Å². The van der Waals surface area contributed by atoms with E-state index in [0.717, 1.165) is 22.9 Å². The van der Waals surface area contributed by atoms with E-state index in [-0.39, 0.29) is 0 Å². The van der Waals surface area contributed by atoms with Crippen molar-refractivity contribution in [3.63, 3.8) is 0 Å². The van der Waals surface area contributed by atoms with Gasteiger partial charge in [-0.2, -0.15) is 5.10 Å². The Morgan fingerprint density at radius 1 is 1.39 bits per heavy atom. The van der Waals surface area contributed by atoms with Gasteiger partial charge >= 0.3 is 0 Å². The molecule has 1 aromatic carbocycles. The van der Waals surface area contributed by atoms with Crippen molar-refractivity contribution in [2.45, 2.75) is 13.1 Å². The van der Waals surface area contributed by atoms with E-state index >= 15 is 0 Å². The Hall–Kier alpha value is -1.52. The van der Waals surface area contributed by atoms with E-state index in [2.05, 4.69) is 10.4 Å². The summed E-state index contributed by atoms with van der Waals surface area (Å²) in [6.07, 6.45) is 3.67. The summed E-state index contributed by atoms with van der Waals surface area (Å²) in [6, 6.07) is 7.59. The van der Waals surface area contributed by atoms with Gasteiger partial charge < -0.3 is 10.1 Å². The van der Waals surface area contributed by atoms with Crippen molar-refractivity contribution >= 4 is 11.6 Å². The zero-order chi connectivity index (χ0) is 12.8. The summed E-state index contributed by atoms with van der Waals surface area (Å²) >= 11 is 6.15. The summed E-state index contributed by atoms with van der Waals surface area (Å²) in [5.41, 5.74) is 0.988. The third-order valence-electron chi connectivity index (χ3n) is 2.57. The molecule has 2 aromatic rings. The fraction of sp³-hybridized carbons (Fsp3) is 0.308. The first kappa shape index (κ1) is 12.9. The van der Waals surface area contributed by atoms with E-state index in [1.54, 1.807) is 6.20 Å². The van der Waals surface area contributed by atoms with Crippen LogP contribution in [-0.2, 0) is 13.1 Å². The average molecular weight is 266 g/mol. The monoisotopic (exact) mass is 265 g/mol. The SMILES string of the molecule is CNCc1c(Cl)cccc1OCCn1cccn1. The molecule has 0 aliphatic carbocycles. The molecule has 5 heteroatoms. The first-order valence-corrected chi connectivity index (χ1v) is 6.21. The molecular weight excluding hydrogens is 250 g/mol. The van der Waals surface area contributed by atoms with Crippen LogP contribution in [0, 0.1) is 0 Å². The van der Waals surface area contributed by atoms with Gasteiger partial charge in [-0.15, -0.1) is 0 Å². The quantitative estimate of drug-likeness (QED) is 0.871. The molecule has 0 unspecified atom stereocenters. The number of halogens is 1. The Kier molecular flexibility index (Phi) is 4.61. The van der Waals surface area contributed by atoms with Gasteiger partial charge in [0.1, 0.15) is 12.4 Å². The van der Waals surface area contributed by atoms with Crippen molar-refractivity contribution in [2.75, 3.05) is 13.7 Å². The molecule has 1 heterocycles. The molecule has 1 N–H and O–H groups in total. The summed E-state index contributed by atoms with van der Waals surface area (Å²) in [5.74, 6) is 0.823. The minimum absolute atomic E-state index is 0.568. The maximum atomic E-state index is 6.15. The number of nitrogens with one attached hydrogen (secondary N) is 1. The van der Waals surface area contributed by atoms with Crippen molar-refractivity contribution in [3.8, 4) is 5.75 Å². The Morgan fingerprint density at radius 3 is 3.00 bits per heavy atom. The zero-order valence-corrected chi connectivity index (χ0v) is 11.0. The van der Waals surface area contributed by atoms with E-state index in [0.29, 0.717) is 13.2 Å². The molecule has 0 amide bonds. The second-order valence-corrected chi connectivity index (χ2v) is 4.27. The lowest BCUT2D eigenvalue weighted by atomic mass is 10.2. The first-order valence-electron chi connectivity index (χ1n) is 5.83. The highest BCUT2D eigenvalue weighted by atomic mass is 35.5. The van der Waals surface area contributed by atoms with Crippen molar-refractivity contribution in [2.24, 2.45) is 0 Å². The molecule has 18 heavy (non-hydrogen) atoms. The van der Waals surface area contributed by atoms with Crippen molar-refractivity contribution < 1.29 is 4.74 Å². The Morgan fingerprint density at radius 2 is 2.28 bits per heavy atom. The van der Waals surface area contributed by atoms with Crippen LogP contribution < -0.4 is 10.1 Å². The van der Waals surface area contributed by atoms with Crippen LogP contribution in [0.5, 0.6) is 5.75 Å². The third kappa shape index (κ3) is 3.24. The van der Waals surface area contributed by atoms with Gasteiger partial charge in [0.15, 0.2) is 0 Å². The predicted molar refractivity (Wildman–Crippen MR) is 71.9 cm³/mol. The second kappa shape index (κ2) is 6.42. The number of benzene rings is 1. The van der Waals surface area contributed by atoms with Gasteiger partial charge in [-0.25, -0.2) is 0 Å². The van der Waals surface area contributed by atoms with Crippen molar-refractivity contribution in [1.82, 2.24) is 15.1 Å². The van der Waals surface area contributed by atoms with Gasteiger partial charge in [-0.3, -0.25) is 4.68 Å². The summed E-state index contributed by atoms with van der Waals surface area (Å²) in [5, 5.41) is 7.93. The lowest BCUT2D eigenvalue weighted by molar-refractivity contribution is 0.288. The van der Waals surface area contributed by atoms with Crippen LogP contribution in [0.3, 0.4) is 0 Å². The Bertz CT molecular complexity index is 485. The van der Waals surface area contributed by atoms with Crippen molar-refractivity contribution in [3.05, 3.63) is 47.2 Å². The molecule has 0 radical (unpaired) electrons. The maximum absolute atomic E-state index is 6.15. The van der Waals surface area contributed by atoms with Crippen LogP contribution in [0.4, 0.5) is 0 Å². The number of hydrogen-bond donors (Lipinski definition) is 1. The van der Waals surface area contributed by atoms with Crippen LogP contribution >= 0.6 is 11.6 Å². The number of hydrogen-bond acceptors (Lipinski definition) is 3. The molecule has 4 nitrogen and oxygen atoms in total. The lowest BCUT2D eigenvalue weighted by Gasteiger charge is -2.12. The maximum Gasteiger partial charge on any atom is 0.125 e. The van der Waals surface area contributed by atoms with Gasteiger partial charge in [0, 0.05) is 29.5 Å². The Balaban J connectivity index is 1.98. The minimum Gasteiger partial charge on any atom is -0.491 e. The zero-order valence-electron chi connectivity index (χ0n) is 10.3. The highest BCUT2D eigenvalue weighted by Gasteiger charge is 2.07. The summed E-state index contributed by atoms with van der Waals surface area (Å²) < 4.78 is 7.59. The van der Waals surface area contributed by atoms with E-state index in [1.807, 2.05) is 42.2 Å². The van der Waals surface area contributed by atoms with Crippen LogP contribution in [0.2, 0.25) is 5.02 Å². The average Bonchev–Trinajstić information content (AvgIpc) is 2.86. The molecule has 1 aromatic heterocycles. The topological polar surface area (TPSA) is 39.1 Å². The minimum atomic E-state index is 0.568. The van der Waals surface area contributed by atoms with Crippen LogP contribution in [-0.4, -0.2) is 23.4 Å². The molecule has 2 rings (SSSR count). The smallest absolute Gasteiger partial charge is 0.125 e. The van der Waals surface area contributed by atoms with Gasteiger partial charge in [0.25, 0.3) is 0 Å². The van der Waals surface area contributed by atoms with Gasteiger partial charge in [-0.05, 0) is 25.2 Å². The molecule has 0 spiro atoms. The third-order valence-corrected chi connectivity index (χ3v) is 2.92. The van der Waals surface area contributed by atoms with Gasteiger partial charge in [-0.1, -0.05) is 17.7 Å². The fourth-order valence-electron chi connectivity index (χ4n) is 1.70. The van der Waals surface area contributed by atoms with Crippen LogP contribution in [0.25, 0.3) is 0 Å². The normalized spacial score (nSPS) is 10.6. The molecule has 96 valence electrons. The van der Waals surface area contributed by atoms with Gasteiger partial charge in [0.2, 0.25) is 0 Å². The predicted octanol–water partition coefficient (Wildman–Crippen LogP) is 2.33. The molecule has 0 aliphatic rings. The highest BCUT2D eigenvalue weighted by molar-refractivity contribution is 6.31. The summed E-state index contributed by atoms with van der Waals surface area (Å²) in [6.45, 7) is 1.98. The van der Waals surface area contributed by atoms with Crippen molar-refractivity contribution in [1.29, 1.82) is 0 Å². The summed E-state index contributed by atoms with van der Waals surface area (Å²) in [4.78, 5) is 0. The van der Waals surface area contributed by atoms with E-state index < -0.39 is 0 Å². The molecule has 0 aliphatic heterocycles. The number of rotatable bonds is 6. The molecule has 0 fully saturated rings. The lowest BCUT2D eigenvalue weighted by Crippen LogP contribution is -2.12. The summed E-state index contributed by atoms with van der Waals surface area (Å²) in [7, 11) is 1.89. The number of ether oxygens (including phenoxy) is 1. The molecule has 0 saturated carbocycles.